The maximum atomic E-state index is 12.1. The highest BCUT2D eigenvalue weighted by Crippen LogP contribution is 2.30. The van der Waals surface area contributed by atoms with Crippen molar-refractivity contribution in [3.8, 4) is 0 Å². The Balaban J connectivity index is 2.87. The molecule has 0 amide bonds. The van der Waals surface area contributed by atoms with Crippen LogP contribution in [0.4, 0.5) is 13.2 Å². The van der Waals surface area contributed by atoms with Crippen LogP contribution in [0.1, 0.15) is 15.9 Å². The number of esters is 1. The van der Waals surface area contributed by atoms with E-state index in [1.807, 2.05) is 0 Å². The quantitative estimate of drug-likeness (QED) is 0.618. The van der Waals surface area contributed by atoms with E-state index in [2.05, 4.69) is 4.74 Å². The lowest BCUT2D eigenvalue weighted by molar-refractivity contribution is -0.105. The fourth-order valence-corrected chi connectivity index (χ4v) is 1.99. The molecule has 0 unspecified atom stereocenters. The second-order valence-electron chi connectivity index (χ2n) is 3.38. The number of benzene rings is 1. The van der Waals surface area contributed by atoms with Crippen LogP contribution in [0, 0.1) is 6.92 Å². The van der Waals surface area contributed by atoms with Gasteiger partial charge in [0, 0.05) is 4.90 Å². The van der Waals surface area contributed by atoms with Crippen molar-refractivity contribution in [1.29, 1.82) is 0 Å². The average molecular weight is 264 g/mol. The third-order valence-corrected chi connectivity index (χ3v) is 3.22. The maximum Gasteiger partial charge on any atom is 0.398 e. The summed E-state index contributed by atoms with van der Waals surface area (Å²) in [6.45, 7) is 1.69. The third-order valence-electron chi connectivity index (χ3n) is 2.00. The van der Waals surface area contributed by atoms with Crippen LogP contribution in [0.2, 0.25) is 0 Å². The number of ether oxygens (including phenoxy) is 1. The zero-order valence-electron chi connectivity index (χ0n) is 9.30. The van der Waals surface area contributed by atoms with E-state index < -0.39 is 17.9 Å². The van der Waals surface area contributed by atoms with Gasteiger partial charge in [-0.15, -0.1) is 11.8 Å². The maximum absolute atomic E-state index is 12.1. The van der Waals surface area contributed by atoms with Gasteiger partial charge in [-0.3, -0.25) is 0 Å². The van der Waals surface area contributed by atoms with Gasteiger partial charge < -0.3 is 4.74 Å². The van der Waals surface area contributed by atoms with Gasteiger partial charge in [0.15, 0.2) is 0 Å². The first-order chi connectivity index (χ1) is 7.83. The highest BCUT2D eigenvalue weighted by Gasteiger charge is 2.27. The van der Waals surface area contributed by atoms with Crippen molar-refractivity contribution in [2.24, 2.45) is 0 Å². The number of methoxy groups -OCH3 is 1. The predicted molar refractivity (Wildman–Crippen MR) is 59.3 cm³/mol. The fraction of sp³-hybridized carbons (Fsp3) is 0.364. The van der Waals surface area contributed by atoms with Gasteiger partial charge in [0.1, 0.15) is 0 Å². The van der Waals surface area contributed by atoms with Crippen LogP contribution in [0.3, 0.4) is 0 Å². The van der Waals surface area contributed by atoms with Crippen LogP contribution in [0.15, 0.2) is 23.1 Å². The molecule has 6 heteroatoms. The van der Waals surface area contributed by atoms with Crippen LogP contribution in [-0.4, -0.2) is 25.0 Å². The minimum Gasteiger partial charge on any atom is -0.465 e. The number of aryl methyl sites for hydroxylation is 1. The summed E-state index contributed by atoms with van der Waals surface area (Å²) in [5.41, 5.74) is 0.953. The molecule has 0 aliphatic carbocycles. The summed E-state index contributed by atoms with van der Waals surface area (Å²) in [6, 6.07) is 4.54. The summed E-state index contributed by atoms with van der Waals surface area (Å²) in [7, 11) is 1.23. The van der Waals surface area contributed by atoms with E-state index in [-0.39, 0.29) is 5.56 Å². The number of thioether (sulfide) groups is 1. The second kappa shape index (κ2) is 5.44. The minimum atomic E-state index is -4.22. The summed E-state index contributed by atoms with van der Waals surface area (Å²) in [4.78, 5) is 11.7. The van der Waals surface area contributed by atoms with Crippen LogP contribution in [0.5, 0.6) is 0 Å². The molecular weight excluding hydrogens is 253 g/mol. The molecule has 1 aromatic carbocycles. The van der Waals surface area contributed by atoms with Crippen LogP contribution in [-0.2, 0) is 4.74 Å². The Morgan fingerprint density at radius 2 is 2.06 bits per heavy atom. The van der Waals surface area contributed by atoms with Gasteiger partial charge in [-0.05, 0) is 24.6 Å². The van der Waals surface area contributed by atoms with Crippen molar-refractivity contribution in [1.82, 2.24) is 0 Å². The highest BCUT2D eigenvalue weighted by molar-refractivity contribution is 7.99. The Kier molecular flexibility index (Phi) is 4.45. The van der Waals surface area contributed by atoms with Crippen molar-refractivity contribution in [3.05, 3.63) is 29.3 Å². The molecule has 0 spiro atoms. The minimum absolute atomic E-state index is 0.253. The number of carbonyl (C=O) groups is 1. The molecule has 17 heavy (non-hydrogen) atoms. The van der Waals surface area contributed by atoms with E-state index >= 15 is 0 Å². The largest absolute Gasteiger partial charge is 0.465 e. The molecule has 2 nitrogen and oxygen atoms in total. The lowest BCUT2D eigenvalue weighted by Gasteiger charge is -2.09. The first-order valence-corrected chi connectivity index (χ1v) is 5.70. The zero-order valence-corrected chi connectivity index (χ0v) is 10.1. The van der Waals surface area contributed by atoms with Gasteiger partial charge >= 0.3 is 12.1 Å². The Morgan fingerprint density at radius 1 is 1.41 bits per heavy atom. The molecule has 0 radical (unpaired) electrons. The molecule has 0 bridgehead atoms. The summed E-state index contributed by atoms with van der Waals surface area (Å²) < 4.78 is 40.8. The van der Waals surface area contributed by atoms with Crippen molar-refractivity contribution >= 4 is 17.7 Å². The summed E-state index contributed by atoms with van der Waals surface area (Å²) in [5.74, 6) is -1.53. The van der Waals surface area contributed by atoms with Gasteiger partial charge in [0.2, 0.25) is 0 Å². The molecule has 0 saturated carbocycles. The van der Waals surface area contributed by atoms with E-state index in [0.717, 1.165) is 0 Å². The molecule has 94 valence electrons. The van der Waals surface area contributed by atoms with Crippen molar-refractivity contribution < 1.29 is 22.7 Å². The number of carbonyl (C=O) groups excluding carboxylic acids is 1. The Morgan fingerprint density at radius 3 is 2.59 bits per heavy atom. The second-order valence-corrected chi connectivity index (χ2v) is 4.39. The zero-order chi connectivity index (χ0) is 13.1. The predicted octanol–water partition coefficient (Wildman–Crippen LogP) is 3.44. The first kappa shape index (κ1) is 13.9. The van der Waals surface area contributed by atoms with E-state index in [0.29, 0.717) is 22.2 Å². The molecule has 0 heterocycles. The van der Waals surface area contributed by atoms with Crippen molar-refractivity contribution in [2.75, 3.05) is 12.9 Å². The number of rotatable bonds is 3. The van der Waals surface area contributed by atoms with E-state index in [1.165, 1.54) is 19.2 Å². The molecule has 0 N–H and O–H groups in total. The van der Waals surface area contributed by atoms with Crippen LogP contribution in [0.25, 0.3) is 0 Å². The summed E-state index contributed by atoms with van der Waals surface area (Å²) >= 11 is 0.663. The molecule has 0 fully saturated rings. The number of hydrogen-bond donors (Lipinski definition) is 0. The topological polar surface area (TPSA) is 26.3 Å². The Labute approximate surface area is 101 Å². The normalized spacial score (nSPS) is 11.4. The first-order valence-electron chi connectivity index (χ1n) is 4.72. The summed E-state index contributed by atoms with van der Waals surface area (Å²) in [6.07, 6.45) is -4.22. The lowest BCUT2D eigenvalue weighted by atomic mass is 10.1. The standard InChI is InChI=1S/C11H11F3O2S/c1-7-3-4-8(10(15)16-2)5-9(7)17-6-11(12,13)14/h3-5H,6H2,1-2H3. The van der Waals surface area contributed by atoms with Gasteiger partial charge in [-0.2, -0.15) is 13.2 Å². The molecular formula is C11H11F3O2S. The SMILES string of the molecule is COC(=O)c1ccc(C)c(SCC(F)(F)F)c1. The van der Waals surface area contributed by atoms with Crippen molar-refractivity contribution in [2.45, 2.75) is 18.0 Å². The Hall–Kier alpha value is -1.17. The molecule has 1 rings (SSSR count). The van der Waals surface area contributed by atoms with Gasteiger partial charge in [0.25, 0.3) is 0 Å². The van der Waals surface area contributed by atoms with Gasteiger partial charge in [0.05, 0.1) is 18.4 Å². The molecule has 0 saturated heterocycles. The molecule has 1 aromatic rings. The van der Waals surface area contributed by atoms with E-state index in [9.17, 15) is 18.0 Å². The van der Waals surface area contributed by atoms with Crippen LogP contribution < -0.4 is 0 Å². The molecule has 0 aliphatic rings. The van der Waals surface area contributed by atoms with Crippen LogP contribution >= 0.6 is 11.8 Å². The third kappa shape index (κ3) is 4.30. The van der Waals surface area contributed by atoms with E-state index in [1.54, 1.807) is 13.0 Å². The highest BCUT2D eigenvalue weighted by atomic mass is 32.2. The Bertz CT molecular complexity index is 416. The monoisotopic (exact) mass is 264 g/mol. The average Bonchev–Trinajstić information content (AvgIpc) is 2.26. The van der Waals surface area contributed by atoms with Gasteiger partial charge in [-0.25, -0.2) is 4.79 Å². The molecule has 0 atom stereocenters. The van der Waals surface area contributed by atoms with Crippen molar-refractivity contribution in [3.63, 3.8) is 0 Å². The molecule has 0 aromatic heterocycles. The lowest BCUT2D eigenvalue weighted by Crippen LogP contribution is -2.11. The molecule has 0 aliphatic heterocycles. The smallest absolute Gasteiger partial charge is 0.398 e. The number of halogens is 3. The number of alkyl halides is 3. The fourth-order valence-electron chi connectivity index (χ4n) is 1.16. The summed E-state index contributed by atoms with van der Waals surface area (Å²) in [5, 5.41) is 0. The van der Waals surface area contributed by atoms with E-state index in [4.69, 9.17) is 0 Å². The number of hydrogen-bond acceptors (Lipinski definition) is 3. The van der Waals surface area contributed by atoms with Gasteiger partial charge in [-0.1, -0.05) is 6.07 Å².